The van der Waals surface area contributed by atoms with Gasteiger partial charge in [-0.15, -0.1) is 0 Å². The van der Waals surface area contributed by atoms with Crippen molar-refractivity contribution in [3.8, 4) is 0 Å². The average Bonchev–Trinajstić information content (AvgIpc) is 2.78. The Labute approximate surface area is 193 Å². The molecule has 0 unspecified atom stereocenters. The number of unbranched alkanes of at least 4 members (excludes halogenated alkanes) is 1. The van der Waals surface area contributed by atoms with Crippen LogP contribution in [0, 0.1) is 12.7 Å². The number of rotatable bonds is 10. The summed E-state index contributed by atoms with van der Waals surface area (Å²) in [4.78, 5) is 18.0. The molecule has 0 aliphatic rings. The Bertz CT molecular complexity index is 1230. The number of aromatic nitrogens is 1. The minimum atomic E-state index is -4.14. The summed E-state index contributed by atoms with van der Waals surface area (Å²) in [6.07, 6.45) is 3.03. The molecule has 174 valence electrons. The van der Waals surface area contributed by atoms with Crippen molar-refractivity contribution in [2.75, 3.05) is 16.2 Å². The Balaban J connectivity index is 1.96. The van der Waals surface area contributed by atoms with Gasteiger partial charge in [0.2, 0.25) is 0 Å². The molecular formula is C24H26FN3O4S. The van der Waals surface area contributed by atoms with Crippen LogP contribution < -0.4 is 9.62 Å². The summed E-state index contributed by atoms with van der Waals surface area (Å²) in [7, 11) is -4.14. The standard InChI is InChI=1S/C24H26FN3O4S/c1-3-4-12-28(16-18-8-6-5-7-9-18)23-21(24(29)30)14-20(15-26-23)27-33(31,32)22-13-19(25)11-10-17(22)2/h5-11,13-15,27H,3-4,12,16H2,1-2H3,(H,29,30). The van der Waals surface area contributed by atoms with E-state index in [0.29, 0.717) is 18.7 Å². The summed E-state index contributed by atoms with van der Waals surface area (Å²) >= 11 is 0. The summed E-state index contributed by atoms with van der Waals surface area (Å²) < 4.78 is 41.5. The van der Waals surface area contributed by atoms with Crippen molar-refractivity contribution in [1.82, 2.24) is 4.98 Å². The van der Waals surface area contributed by atoms with Crippen LogP contribution in [0.5, 0.6) is 0 Å². The van der Waals surface area contributed by atoms with Gasteiger partial charge >= 0.3 is 5.97 Å². The Hall–Kier alpha value is -3.46. The molecule has 0 atom stereocenters. The third-order valence-electron chi connectivity index (χ3n) is 5.09. The highest BCUT2D eigenvalue weighted by Crippen LogP contribution is 2.26. The van der Waals surface area contributed by atoms with E-state index >= 15 is 0 Å². The second-order valence-electron chi connectivity index (χ2n) is 7.68. The van der Waals surface area contributed by atoms with E-state index in [1.807, 2.05) is 42.2 Å². The molecule has 0 aliphatic carbocycles. The van der Waals surface area contributed by atoms with Gasteiger partial charge in [-0.3, -0.25) is 4.72 Å². The first-order valence-electron chi connectivity index (χ1n) is 10.5. The Morgan fingerprint density at radius 1 is 1.15 bits per heavy atom. The molecule has 3 rings (SSSR count). The predicted octanol–water partition coefficient (Wildman–Crippen LogP) is 4.83. The molecule has 0 saturated heterocycles. The van der Waals surface area contributed by atoms with Crippen molar-refractivity contribution < 1.29 is 22.7 Å². The molecule has 0 aliphatic heterocycles. The maximum atomic E-state index is 13.6. The van der Waals surface area contributed by atoms with E-state index in [0.717, 1.165) is 24.5 Å². The molecule has 0 radical (unpaired) electrons. The molecule has 0 fully saturated rings. The number of carboxylic acid groups (broad SMARTS) is 1. The second kappa shape index (κ2) is 10.4. The molecule has 9 heteroatoms. The van der Waals surface area contributed by atoms with Gasteiger partial charge in [-0.25, -0.2) is 22.6 Å². The Morgan fingerprint density at radius 3 is 2.55 bits per heavy atom. The van der Waals surface area contributed by atoms with Gasteiger partial charge in [0.1, 0.15) is 17.2 Å². The third-order valence-corrected chi connectivity index (χ3v) is 6.61. The van der Waals surface area contributed by atoms with Crippen LogP contribution in [0.1, 0.15) is 41.3 Å². The van der Waals surface area contributed by atoms with E-state index in [2.05, 4.69) is 9.71 Å². The fourth-order valence-corrected chi connectivity index (χ4v) is 4.70. The number of carbonyl (C=O) groups is 1. The number of aromatic carboxylic acids is 1. The predicted molar refractivity (Wildman–Crippen MR) is 126 cm³/mol. The summed E-state index contributed by atoms with van der Waals surface area (Å²) in [6.45, 7) is 4.64. The van der Waals surface area contributed by atoms with Crippen molar-refractivity contribution in [3.63, 3.8) is 0 Å². The van der Waals surface area contributed by atoms with Gasteiger partial charge in [-0.05, 0) is 42.7 Å². The number of sulfonamides is 1. The zero-order valence-electron chi connectivity index (χ0n) is 18.5. The number of halogens is 1. The lowest BCUT2D eigenvalue weighted by Crippen LogP contribution is -2.27. The quantitative estimate of drug-likeness (QED) is 0.439. The van der Waals surface area contributed by atoms with Gasteiger partial charge in [0.25, 0.3) is 10.0 Å². The fourth-order valence-electron chi connectivity index (χ4n) is 3.41. The SMILES string of the molecule is CCCCN(Cc1ccccc1)c1ncc(NS(=O)(=O)c2cc(F)ccc2C)cc1C(=O)O. The highest BCUT2D eigenvalue weighted by molar-refractivity contribution is 7.92. The third kappa shape index (κ3) is 6.07. The molecule has 2 N–H and O–H groups in total. The highest BCUT2D eigenvalue weighted by Gasteiger charge is 2.22. The van der Waals surface area contributed by atoms with Crippen LogP contribution in [0.15, 0.2) is 65.7 Å². The topological polar surface area (TPSA) is 99.6 Å². The van der Waals surface area contributed by atoms with Gasteiger partial charge in [0.05, 0.1) is 16.8 Å². The number of benzene rings is 2. The lowest BCUT2D eigenvalue weighted by molar-refractivity contribution is 0.0697. The van der Waals surface area contributed by atoms with E-state index in [9.17, 15) is 22.7 Å². The van der Waals surface area contributed by atoms with Crippen LogP contribution in [-0.2, 0) is 16.6 Å². The van der Waals surface area contributed by atoms with Gasteiger partial charge < -0.3 is 10.0 Å². The molecule has 0 saturated carbocycles. The Morgan fingerprint density at radius 2 is 1.88 bits per heavy atom. The summed E-state index contributed by atoms with van der Waals surface area (Å²) in [6, 6.07) is 14.3. The molecule has 1 aromatic heterocycles. The average molecular weight is 472 g/mol. The van der Waals surface area contributed by atoms with Crippen LogP contribution in [0.2, 0.25) is 0 Å². The zero-order chi connectivity index (χ0) is 24.0. The maximum absolute atomic E-state index is 13.6. The van der Waals surface area contributed by atoms with E-state index in [4.69, 9.17) is 0 Å². The van der Waals surface area contributed by atoms with Gasteiger partial charge in [-0.2, -0.15) is 0 Å². The number of hydrogen-bond donors (Lipinski definition) is 2. The molecule has 0 bridgehead atoms. The molecule has 1 heterocycles. The van der Waals surface area contributed by atoms with Crippen molar-refractivity contribution >= 4 is 27.5 Å². The minimum absolute atomic E-state index is 0.0186. The number of hydrogen-bond acceptors (Lipinski definition) is 5. The molecule has 7 nitrogen and oxygen atoms in total. The summed E-state index contributed by atoms with van der Waals surface area (Å²) in [5.74, 6) is -1.66. The summed E-state index contributed by atoms with van der Waals surface area (Å²) in [5.41, 5.74) is 1.21. The molecule has 33 heavy (non-hydrogen) atoms. The zero-order valence-corrected chi connectivity index (χ0v) is 19.3. The maximum Gasteiger partial charge on any atom is 0.339 e. The van der Waals surface area contributed by atoms with Crippen LogP contribution in [-0.4, -0.2) is 31.0 Å². The number of nitrogens with one attached hydrogen (secondary N) is 1. The van der Waals surface area contributed by atoms with Crippen LogP contribution in [0.4, 0.5) is 15.9 Å². The van der Waals surface area contributed by atoms with Crippen molar-refractivity contribution in [3.05, 3.63) is 83.3 Å². The molecule has 2 aromatic carbocycles. The Kier molecular flexibility index (Phi) is 7.65. The first-order valence-corrected chi connectivity index (χ1v) is 12.0. The monoisotopic (exact) mass is 471 g/mol. The van der Waals surface area contributed by atoms with Crippen molar-refractivity contribution in [2.24, 2.45) is 0 Å². The highest BCUT2D eigenvalue weighted by atomic mass is 32.2. The van der Waals surface area contributed by atoms with Crippen LogP contribution in [0.25, 0.3) is 0 Å². The van der Waals surface area contributed by atoms with Crippen molar-refractivity contribution in [1.29, 1.82) is 0 Å². The lowest BCUT2D eigenvalue weighted by Gasteiger charge is -2.25. The van der Waals surface area contributed by atoms with Gasteiger partial charge in [0, 0.05) is 13.1 Å². The fraction of sp³-hybridized carbons (Fsp3) is 0.250. The smallest absolute Gasteiger partial charge is 0.339 e. The van der Waals surface area contributed by atoms with E-state index in [-0.39, 0.29) is 22.0 Å². The van der Waals surface area contributed by atoms with Crippen LogP contribution >= 0.6 is 0 Å². The van der Waals surface area contributed by atoms with Crippen molar-refractivity contribution in [2.45, 2.75) is 38.1 Å². The van der Waals surface area contributed by atoms with Gasteiger partial charge in [-0.1, -0.05) is 49.7 Å². The van der Waals surface area contributed by atoms with E-state index in [1.54, 1.807) is 6.92 Å². The first kappa shape index (κ1) is 24.2. The number of anilines is 2. The number of aryl methyl sites for hydroxylation is 1. The van der Waals surface area contributed by atoms with Crippen LogP contribution in [0.3, 0.4) is 0 Å². The largest absolute Gasteiger partial charge is 0.478 e. The minimum Gasteiger partial charge on any atom is -0.478 e. The normalized spacial score (nSPS) is 11.2. The van der Waals surface area contributed by atoms with E-state index < -0.39 is 21.8 Å². The number of nitrogens with zero attached hydrogens (tertiary/aromatic N) is 2. The summed E-state index contributed by atoms with van der Waals surface area (Å²) in [5, 5.41) is 9.83. The molecule has 0 spiro atoms. The van der Waals surface area contributed by atoms with E-state index in [1.165, 1.54) is 24.4 Å². The number of carboxylic acids is 1. The molecular weight excluding hydrogens is 445 g/mol. The second-order valence-corrected chi connectivity index (χ2v) is 9.33. The molecule has 3 aromatic rings. The first-order chi connectivity index (χ1) is 15.7. The molecule has 0 amide bonds. The number of pyridine rings is 1. The van der Waals surface area contributed by atoms with Gasteiger partial charge in [0.15, 0.2) is 0 Å². The lowest BCUT2D eigenvalue weighted by atomic mass is 10.1.